The van der Waals surface area contributed by atoms with Crippen molar-refractivity contribution < 1.29 is 0 Å². The fraction of sp³-hybridized carbons (Fsp3) is 0.636. The second-order valence-electron chi connectivity index (χ2n) is 4.07. The van der Waals surface area contributed by atoms with E-state index in [1.807, 2.05) is 0 Å². The number of nitrogens with zero attached hydrogens (tertiary/aromatic N) is 1. The van der Waals surface area contributed by atoms with Crippen LogP contribution < -0.4 is 5.73 Å². The number of hydrogen-bond acceptors (Lipinski definition) is 2. The quantitative estimate of drug-likeness (QED) is 0.720. The summed E-state index contributed by atoms with van der Waals surface area (Å²) in [6.45, 7) is 13.3. The molecule has 0 bridgehead atoms. The lowest BCUT2D eigenvalue weighted by atomic mass is 10.1. The van der Waals surface area contributed by atoms with Gasteiger partial charge in [0.15, 0.2) is 0 Å². The molecule has 0 saturated carbocycles. The molecule has 0 amide bonds. The number of nitrogens with two attached hydrogens (primary N) is 1. The van der Waals surface area contributed by atoms with E-state index in [9.17, 15) is 0 Å². The molecule has 0 aromatic rings. The van der Waals surface area contributed by atoms with Gasteiger partial charge < -0.3 is 10.6 Å². The highest BCUT2D eigenvalue weighted by Crippen LogP contribution is 2.27. The fourth-order valence-corrected chi connectivity index (χ4v) is 1.83. The summed E-state index contributed by atoms with van der Waals surface area (Å²) in [6, 6.07) is 0.329. The number of allylic oxidation sites excluding steroid dienone is 1. The average molecular weight is 180 g/mol. The summed E-state index contributed by atoms with van der Waals surface area (Å²) >= 11 is 0. The summed E-state index contributed by atoms with van der Waals surface area (Å²) in [6.07, 6.45) is 2.33. The van der Waals surface area contributed by atoms with Crippen LogP contribution in [0.5, 0.6) is 0 Å². The van der Waals surface area contributed by atoms with Crippen molar-refractivity contribution in [1.29, 1.82) is 0 Å². The van der Waals surface area contributed by atoms with Crippen molar-refractivity contribution in [3.05, 3.63) is 24.6 Å². The van der Waals surface area contributed by atoms with Crippen molar-refractivity contribution in [2.45, 2.75) is 32.7 Å². The van der Waals surface area contributed by atoms with Crippen molar-refractivity contribution in [2.75, 3.05) is 6.54 Å². The zero-order valence-corrected chi connectivity index (χ0v) is 8.71. The minimum absolute atomic E-state index is 0.329. The van der Waals surface area contributed by atoms with Gasteiger partial charge in [0.25, 0.3) is 0 Å². The molecule has 1 saturated heterocycles. The lowest BCUT2D eigenvalue weighted by Gasteiger charge is -2.30. The van der Waals surface area contributed by atoms with Crippen LogP contribution >= 0.6 is 0 Å². The van der Waals surface area contributed by atoms with Crippen molar-refractivity contribution in [1.82, 2.24) is 4.90 Å². The van der Waals surface area contributed by atoms with Gasteiger partial charge >= 0.3 is 0 Å². The zero-order chi connectivity index (χ0) is 10.0. The van der Waals surface area contributed by atoms with Gasteiger partial charge in [0, 0.05) is 17.9 Å². The van der Waals surface area contributed by atoms with E-state index in [4.69, 9.17) is 5.73 Å². The molecule has 1 aliphatic rings. The third kappa shape index (κ3) is 2.06. The summed E-state index contributed by atoms with van der Waals surface area (Å²) in [5, 5.41) is 0. The van der Waals surface area contributed by atoms with E-state index >= 15 is 0 Å². The Morgan fingerprint density at radius 3 is 2.54 bits per heavy atom. The molecule has 2 heteroatoms. The van der Waals surface area contributed by atoms with Crippen LogP contribution in [0.3, 0.4) is 0 Å². The summed E-state index contributed by atoms with van der Waals surface area (Å²) in [5.41, 5.74) is 7.71. The summed E-state index contributed by atoms with van der Waals surface area (Å²) < 4.78 is 0. The minimum atomic E-state index is 0.329. The van der Waals surface area contributed by atoms with Crippen molar-refractivity contribution >= 4 is 0 Å². The van der Waals surface area contributed by atoms with Crippen LogP contribution in [0.1, 0.15) is 26.7 Å². The molecule has 0 aliphatic carbocycles. The van der Waals surface area contributed by atoms with Crippen LogP contribution in [-0.2, 0) is 0 Å². The molecule has 1 heterocycles. The topological polar surface area (TPSA) is 29.3 Å². The Morgan fingerprint density at radius 2 is 2.08 bits per heavy atom. The number of hydrogen-bond donors (Lipinski definition) is 1. The normalized spacial score (nSPS) is 22.4. The first kappa shape index (κ1) is 10.2. The number of rotatable bonds is 3. The summed E-state index contributed by atoms with van der Waals surface area (Å²) in [7, 11) is 0. The molecule has 1 fully saturated rings. The van der Waals surface area contributed by atoms with Gasteiger partial charge in [0.1, 0.15) is 0 Å². The molecule has 13 heavy (non-hydrogen) atoms. The predicted octanol–water partition coefficient (Wildman–Crippen LogP) is 2.09. The first-order valence-corrected chi connectivity index (χ1v) is 4.93. The highest BCUT2D eigenvalue weighted by molar-refractivity contribution is 5.12. The highest BCUT2D eigenvalue weighted by Gasteiger charge is 2.27. The van der Waals surface area contributed by atoms with Crippen LogP contribution in [0.4, 0.5) is 0 Å². The molecule has 74 valence electrons. The Kier molecular flexibility index (Phi) is 3.02. The highest BCUT2D eigenvalue weighted by atomic mass is 15.2. The van der Waals surface area contributed by atoms with E-state index in [2.05, 4.69) is 31.9 Å². The van der Waals surface area contributed by atoms with Gasteiger partial charge in [0.05, 0.1) is 6.04 Å². The van der Waals surface area contributed by atoms with E-state index in [-0.39, 0.29) is 0 Å². The first-order chi connectivity index (χ1) is 6.04. The van der Waals surface area contributed by atoms with Crippen molar-refractivity contribution in [3.63, 3.8) is 0 Å². The molecule has 2 N–H and O–H groups in total. The minimum Gasteiger partial charge on any atom is -0.401 e. The SMILES string of the molecule is C=C(N)C1CCCN1C(=C)C(C)C. The molecule has 0 spiro atoms. The Bertz CT molecular complexity index is 218. The third-order valence-corrected chi connectivity index (χ3v) is 2.72. The van der Waals surface area contributed by atoms with Gasteiger partial charge in [0.2, 0.25) is 0 Å². The maximum Gasteiger partial charge on any atom is 0.0677 e. The molecule has 0 aromatic heterocycles. The van der Waals surface area contributed by atoms with Gasteiger partial charge in [-0.05, 0) is 18.8 Å². The lowest BCUT2D eigenvalue weighted by Crippen LogP contribution is -2.33. The molecule has 1 aliphatic heterocycles. The van der Waals surface area contributed by atoms with Gasteiger partial charge in [-0.3, -0.25) is 0 Å². The molecule has 1 atom stereocenters. The average Bonchev–Trinajstić information content (AvgIpc) is 2.50. The van der Waals surface area contributed by atoms with E-state index in [0.29, 0.717) is 12.0 Å². The van der Waals surface area contributed by atoms with Crippen LogP contribution in [-0.4, -0.2) is 17.5 Å². The Morgan fingerprint density at radius 1 is 1.46 bits per heavy atom. The van der Waals surface area contributed by atoms with Gasteiger partial charge in [-0.1, -0.05) is 27.0 Å². The Hall–Kier alpha value is -0.920. The van der Waals surface area contributed by atoms with Crippen LogP contribution in [0, 0.1) is 5.92 Å². The lowest BCUT2D eigenvalue weighted by molar-refractivity contribution is 0.321. The Balaban J connectivity index is 2.68. The van der Waals surface area contributed by atoms with Crippen LogP contribution in [0.2, 0.25) is 0 Å². The standard InChI is InChI=1S/C11H20N2/c1-8(2)10(4)13-7-5-6-11(13)9(3)12/h8,11H,3-7,12H2,1-2H3. The van der Waals surface area contributed by atoms with Crippen LogP contribution in [0.15, 0.2) is 24.6 Å². The maximum atomic E-state index is 5.75. The predicted molar refractivity (Wildman–Crippen MR) is 57.0 cm³/mol. The molecule has 1 unspecified atom stereocenters. The monoisotopic (exact) mass is 180 g/mol. The molecular formula is C11H20N2. The molecule has 0 radical (unpaired) electrons. The maximum absolute atomic E-state index is 5.75. The van der Waals surface area contributed by atoms with Gasteiger partial charge in [-0.25, -0.2) is 0 Å². The zero-order valence-electron chi connectivity index (χ0n) is 8.71. The second kappa shape index (κ2) is 3.86. The molecule has 0 aromatic carbocycles. The van der Waals surface area contributed by atoms with Crippen molar-refractivity contribution in [3.8, 4) is 0 Å². The van der Waals surface area contributed by atoms with E-state index in [1.54, 1.807) is 0 Å². The van der Waals surface area contributed by atoms with E-state index in [1.165, 1.54) is 12.1 Å². The fourth-order valence-electron chi connectivity index (χ4n) is 1.83. The van der Waals surface area contributed by atoms with E-state index in [0.717, 1.165) is 18.7 Å². The smallest absolute Gasteiger partial charge is 0.0677 e. The number of likely N-dealkylation sites (tertiary alicyclic amines) is 1. The largest absolute Gasteiger partial charge is 0.401 e. The first-order valence-electron chi connectivity index (χ1n) is 4.93. The second-order valence-corrected chi connectivity index (χ2v) is 4.07. The van der Waals surface area contributed by atoms with Gasteiger partial charge in [-0.2, -0.15) is 0 Å². The van der Waals surface area contributed by atoms with Crippen molar-refractivity contribution in [2.24, 2.45) is 11.7 Å². The molecule has 2 nitrogen and oxygen atoms in total. The summed E-state index contributed by atoms with van der Waals surface area (Å²) in [5.74, 6) is 0.500. The van der Waals surface area contributed by atoms with Crippen LogP contribution in [0.25, 0.3) is 0 Å². The molecule has 1 rings (SSSR count). The van der Waals surface area contributed by atoms with Gasteiger partial charge in [-0.15, -0.1) is 0 Å². The van der Waals surface area contributed by atoms with E-state index < -0.39 is 0 Å². The Labute approximate surface area is 81.1 Å². The third-order valence-electron chi connectivity index (χ3n) is 2.72. The molecular weight excluding hydrogens is 160 g/mol. The summed E-state index contributed by atoms with van der Waals surface area (Å²) in [4.78, 5) is 2.30.